The molecule has 1 aromatic carbocycles. The Kier molecular flexibility index (Phi) is 12.4. The van der Waals surface area contributed by atoms with E-state index in [1.165, 1.54) is 42.8 Å². The molecule has 228 valence electrons. The van der Waals surface area contributed by atoms with Gasteiger partial charge in [-0.05, 0) is 61.7 Å². The van der Waals surface area contributed by atoms with Crippen LogP contribution in [0.2, 0.25) is 0 Å². The average Bonchev–Trinajstić information content (AvgIpc) is 2.93. The van der Waals surface area contributed by atoms with E-state index < -0.39 is 32.5 Å². The first kappa shape index (κ1) is 32.9. The van der Waals surface area contributed by atoms with Crippen molar-refractivity contribution < 1.29 is 50.2 Å². The maximum atomic E-state index is 14.1. The number of carbonyl (C=O) groups is 1. The molecule has 1 atom stereocenters. The molecule has 0 saturated carbocycles. The van der Waals surface area contributed by atoms with E-state index in [0.717, 1.165) is 12.8 Å². The number of alkyl halides is 3. The predicted molar refractivity (Wildman–Crippen MR) is 141 cm³/mol. The molecule has 0 aliphatic carbocycles. The number of carbonyl (C=O) groups excluding carboxylic acids is 1. The van der Waals surface area contributed by atoms with Gasteiger partial charge in [0.15, 0.2) is 11.0 Å². The summed E-state index contributed by atoms with van der Waals surface area (Å²) < 4.78 is 86.9. The van der Waals surface area contributed by atoms with Crippen molar-refractivity contribution in [2.45, 2.75) is 72.5 Å². The van der Waals surface area contributed by atoms with Crippen molar-refractivity contribution in [3.05, 3.63) is 24.3 Å². The summed E-state index contributed by atoms with van der Waals surface area (Å²) in [5.41, 5.74) is -2.04. The van der Waals surface area contributed by atoms with E-state index in [1.54, 1.807) is 0 Å². The van der Waals surface area contributed by atoms with Crippen LogP contribution in [0, 0.1) is 0 Å². The van der Waals surface area contributed by atoms with Gasteiger partial charge in [0.25, 0.3) is 5.91 Å². The van der Waals surface area contributed by atoms with E-state index >= 15 is 0 Å². The number of piperidine rings is 1. The number of hydroxylamine groups is 1. The van der Waals surface area contributed by atoms with Crippen molar-refractivity contribution >= 4 is 27.7 Å². The number of nitrogens with zero attached hydrogens (tertiary/aromatic N) is 1. The third-order valence-electron chi connectivity index (χ3n) is 6.85. The number of rotatable bonds is 14. The first-order chi connectivity index (χ1) is 19.0. The van der Waals surface area contributed by atoms with Gasteiger partial charge in [0.1, 0.15) is 11.9 Å². The van der Waals surface area contributed by atoms with Crippen LogP contribution in [-0.2, 0) is 33.9 Å². The summed E-state index contributed by atoms with van der Waals surface area (Å²) >= 11 is -0.210. The molecule has 0 bridgehead atoms. The number of methoxy groups -OCH3 is 2. The molecule has 40 heavy (non-hydrogen) atoms. The van der Waals surface area contributed by atoms with Crippen molar-refractivity contribution in [3.8, 4) is 5.75 Å². The zero-order valence-electron chi connectivity index (χ0n) is 22.6. The molecule has 2 aliphatic rings. The summed E-state index contributed by atoms with van der Waals surface area (Å²) in [6, 6.07) is 5.56. The third-order valence-corrected chi connectivity index (χ3v) is 10.2. The van der Waals surface area contributed by atoms with Crippen molar-refractivity contribution in [3.63, 3.8) is 0 Å². The molecule has 1 N–H and O–H groups in total. The second kappa shape index (κ2) is 15.0. The Morgan fingerprint density at radius 1 is 1.05 bits per heavy atom. The van der Waals surface area contributed by atoms with E-state index in [1.807, 2.05) is 0 Å². The van der Waals surface area contributed by atoms with Gasteiger partial charge in [-0.15, -0.1) is 0 Å². The fourth-order valence-electron chi connectivity index (χ4n) is 4.63. The van der Waals surface area contributed by atoms with Crippen LogP contribution in [0.1, 0.15) is 44.9 Å². The van der Waals surface area contributed by atoms with Crippen molar-refractivity contribution in [2.24, 2.45) is 0 Å². The number of halogens is 3. The fraction of sp³-hybridized carbons (Fsp3) is 0.720. The van der Waals surface area contributed by atoms with Crippen LogP contribution in [0.4, 0.5) is 13.2 Å². The standard InChI is InChI=1S/C25H37F3N2O8S2/c1-34-17-12-24(13-18-35-2,23(31)29-38-22-5-3-4-16-36-22)40(32,33)30-14-10-20(11-15-30)37-19-6-8-21(9-7-19)39-25(26,27)28/h6-9,20,22H,3-5,10-18H2,1-2H3,(H,29,31). The fourth-order valence-corrected chi connectivity index (χ4v) is 7.31. The molecule has 1 amide bonds. The lowest BCUT2D eigenvalue weighted by Crippen LogP contribution is -2.60. The third kappa shape index (κ3) is 8.94. The topological polar surface area (TPSA) is 113 Å². The first-order valence-corrected chi connectivity index (χ1v) is 15.3. The van der Waals surface area contributed by atoms with Gasteiger partial charge >= 0.3 is 5.51 Å². The number of thioether (sulfide) groups is 1. The van der Waals surface area contributed by atoms with Crippen molar-refractivity contribution in [1.29, 1.82) is 0 Å². The van der Waals surface area contributed by atoms with Gasteiger partial charge in [-0.3, -0.25) is 4.79 Å². The molecule has 0 radical (unpaired) electrons. The predicted octanol–water partition coefficient (Wildman–Crippen LogP) is 3.86. The molecular weight excluding hydrogens is 577 g/mol. The number of amides is 1. The molecule has 1 unspecified atom stereocenters. The molecule has 10 nitrogen and oxygen atoms in total. The van der Waals surface area contributed by atoms with Crippen LogP contribution in [0.3, 0.4) is 0 Å². The number of hydrogen-bond donors (Lipinski definition) is 1. The number of nitrogens with one attached hydrogen (secondary N) is 1. The Bertz CT molecular complexity index is 1020. The summed E-state index contributed by atoms with van der Waals surface area (Å²) in [5.74, 6) is -0.421. The van der Waals surface area contributed by atoms with Crippen molar-refractivity contribution in [2.75, 3.05) is 47.1 Å². The van der Waals surface area contributed by atoms with Gasteiger partial charge in [-0.1, -0.05) is 0 Å². The van der Waals surface area contributed by atoms with Crippen LogP contribution in [-0.4, -0.2) is 88.4 Å². The van der Waals surface area contributed by atoms with Gasteiger partial charge in [0.2, 0.25) is 10.0 Å². The second-order valence-corrected chi connectivity index (χ2v) is 13.0. The van der Waals surface area contributed by atoms with Crippen molar-refractivity contribution in [1.82, 2.24) is 9.79 Å². The van der Waals surface area contributed by atoms with E-state index in [2.05, 4.69) is 5.48 Å². The monoisotopic (exact) mass is 614 g/mol. The van der Waals surface area contributed by atoms with Gasteiger partial charge in [0, 0.05) is 71.3 Å². The zero-order valence-corrected chi connectivity index (χ0v) is 24.2. The van der Waals surface area contributed by atoms with E-state index in [4.69, 9.17) is 23.8 Å². The highest BCUT2D eigenvalue weighted by Gasteiger charge is 2.53. The lowest BCUT2D eigenvalue weighted by atomic mass is 10.0. The molecule has 2 fully saturated rings. The summed E-state index contributed by atoms with van der Waals surface area (Å²) in [4.78, 5) is 19.0. The smallest absolute Gasteiger partial charge is 0.446 e. The van der Waals surface area contributed by atoms with Gasteiger partial charge in [0.05, 0.1) is 0 Å². The van der Waals surface area contributed by atoms with Gasteiger partial charge < -0.3 is 18.9 Å². The second-order valence-electron chi connectivity index (χ2n) is 9.57. The summed E-state index contributed by atoms with van der Waals surface area (Å²) in [6.45, 7) is 0.704. The Morgan fingerprint density at radius 2 is 1.68 bits per heavy atom. The Morgan fingerprint density at radius 3 is 2.20 bits per heavy atom. The van der Waals surface area contributed by atoms with Crippen LogP contribution >= 0.6 is 11.8 Å². The number of ether oxygens (including phenoxy) is 4. The minimum atomic E-state index is -4.38. The molecule has 15 heteroatoms. The number of hydrogen-bond acceptors (Lipinski definition) is 9. The van der Waals surface area contributed by atoms with E-state index in [0.29, 0.717) is 31.6 Å². The highest BCUT2D eigenvalue weighted by Crippen LogP contribution is 2.38. The highest BCUT2D eigenvalue weighted by atomic mass is 32.2. The lowest BCUT2D eigenvalue weighted by molar-refractivity contribution is -0.202. The maximum absolute atomic E-state index is 14.1. The minimum Gasteiger partial charge on any atom is -0.490 e. The number of sulfonamides is 1. The van der Waals surface area contributed by atoms with E-state index in [9.17, 15) is 26.4 Å². The summed E-state index contributed by atoms with van der Waals surface area (Å²) in [6.07, 6.45) is 1.75. The SMILES string of the molecule is COCCC(CCOC)(C(=O)NOC1CCCCO1)S(=O)(=O)N1CCC(Oc2ccc(SC(F)(F)F)cc2)CC1. The molecule has 2 aliphatic heterocycles. The molecular formula is C25H37F3N2O8S2. The molecule has 1 aromatic rings. The zero-order chi connectivity index (χ0) is 29.2. The minimum absolute atomic E-state index is 0.0124. The lowest BCUT2D eigenvalue weighted by Gasteiger charge is -2.39. The van der Waals surface area contributed by atoms with Gasteiger partial charge in [-0.25, -0.2) is 23.0 Å². The molecule has 2 saturated heterocycles. The number of benzene rings is 1. The van der Waals surface area contributed by atoms with Crippen LogP contribution < -0.4 is 10.2 Å². The highest BCUT2D eigenvalue weighted by molar-refractivity contribution is 8.00. The molecule has 3 rings (SSSR count). The van der Waals surface area contributed by atoms with E-state index in [-0.39, 0.29) is 61.9 Å². The normalized spacial score (nSPS) is 19.9. The quantitative estimate of drug-likeness (QED) is 0.247. The van der Waals surface area contributed by atoms with Crippen LogP contribution in [0.15, 0.2) is 29.2 Å². The molecule has 0 spiro atoms. The Labute approximate surface area is 237 Å². The maximum Gasteiger partial charge on any atom is 0.446 e. The largest absolute Gasteiger partial charge is 0.490 e. The first-order valence-electron chi connectivity index (χ1n) is 13.1. The summed E-state index contributed by atoms with van der Waals surface area (Å²) in [7, 11) is -1.37. The molecule has 0 aromatic heterocycles. The van der Waals surface area contributed by atoms with Gasteiger partial charge in [-0.2, -0.15) is 13.2 Å². The van der Waals surface area contributed by atoms with Crippen LogP contribution in [0.5, 0.6) is 5.75 Å². The Balaban J connectivity index is 1.69. The molecule has 2 heterocycles. The summed E-state index contributed by atoms with van der Waals surface area (Å²) in [5, 5.41) is 0. The average molecular weight is 615 g/mol. The Hall–Kier alpha value is -1.62. The van der Waals surface area contributed by atoms with Crippen LogP contribution in [0.25, 0.3) is 0 Å².